The fourth-order valence-electron chi connectivity index (χ4n) is 4.92. The van der Waals surface area contributed by atoms with Gasteiger partial charge in [0.1, 0.15) is 16.9 Å². The summed E-state index contributed by atoms with van der Waals surface area (Å²) in [4.78, 5) is 34.2. The molecule has 1 amide bonds. The first-order valence-corrected chi connectivity index (χ1v) is 13.8. The fourth-order valence-corrected chi connectivity index (χ4v) is 4.92. The molecule has 11 heteroatoms. The Morgan fingerprint density at radius 1 is 1.02 bits per heavy atom. The molecule has 5 rings (SSSR count). The number of likely N-dealkylation sites (tertiary alicyclic amines) is 1. The lowest BCUT2D eigenvalue weighted by atomic mass is 9.91. The molecule has 1 aliphatic carbocycles. The second-order valence-electron chi connectivity index (χ2n) is 11.7. The van der Waals surface area contributed by atoms with Gasteiger partial charge in [0.2, 0.25) is 5.95 Å². The molecular formula is C32H31F3N4O4. The fraction of sp³-hybridized carbons (Fsp3) is 0.375. The summed E-state index contributed by atoms with van der Waals surface area (Å²) >= 11 is 0. The van der Waals surface area contributed by atoms with E-state index in [0.29, 0.717) is 48.9 Å². The third kappa shape index (κ3) is 6.58. The molecule has 2 fully saturated rings. The predicted octanol–water partition coefficient (Wildman–Crippen LogP) is 6.18. The Balaban J connectivity index is 1.33. The molecule has 1 N–H and O–H groups in total. The number of methoxy groups -OCH3 is 1. The summed E-state index contributed by atoms with van der Waals surface area (Å²) in [5.74, 6) is 5.08. The predicted molar refractivity (Wildman–Crippen MR) is 153 cm³/mol. The zero-order chi connectivity index (χ0) is 31.0. The van der Waals surface area contributed by atoms with Crippen molar-refractivity contribution in [1.29, 1.82) is 0 Å². The molecule has 0 radical (unpaired) electrons. The summed E-state index contributed by atoms with van der Waals surface area (Å²) in [6, 6.07) is 14.2. The number of nitrogens with one attached hydrogen (secondary N) is 1. The Morgan fingerprint density at radius 2 is 1.70 bits per heavy atom. The molecule has 1 aromatic heterocycles. The van der Waals surface area contributed by atoms with Crippen molar-refractivity contribution in [2.45, 2.75) is 56.7 Å². The lowest BCUT2D eigenvalue weighted by Gasteiger charge is -2.40. The van der Waals surface area contributed by atoms with Gasteiger partial charge in [-0.25, -0.2) is 14.8 Å². The minimum atomic E-state index is -4.72. The smallest absolute Gasteiger partial charge is 0.420 e. The molecule has 2 aromatic carbocycles. The van der Waals surface area contributed by atoms with E-state index in [-0.39, 0.29) is 18.0 Å². The van der Waals surface area contributed by atoms with Gasteiger partial charge in [-0.05, 0) is 68.9 Å². The molecular weight excluding hydrogens is 561 g/mol. The van der Waals surface area contributed by atoms with Crippen LogP contribution in [0.3, 0.4) is 0 Å². The summed E-state index contributed by atoms with van der Waals surface area (Å²) in [5.41, 5.74) is -0.294. The Labute approximate surface area is 247 Å². The molecule has 1 saturated carbocycles. The lowest BCUT2D eigenvalue weighted by Crippen LogP contribution is -2.50. The number of nitrogens with zero attached hydrogens (tertiary/aromatic N) is 3. The van der Waals surface area contributed by atoms with Gasteiger partial charge in [0.15, 0.2) is 0 Å². The third-order valence-corrected chi connectivity index (χ3v) is 7.35. The molecule has 0 spiro atoms. The van der Waals surface area contributed by atoms with Crippen molar-refractivity contribution in [3.63, 3.8) is 0 Å². The number of hydrogen-bond acceptors (Lipinski definition) is 7. The van der Waals surface area contributed by atoms with E-state index < -0.39 is 34.4 Å². The highest BCUT2D eigenvalue weighted by Crippen LogP contribution is 2.50. The van der Waals surface area contributed by atoms with Crippen LogP contribution in [0.5, 0.6) is 0 Å². The largest absolute Gasteiger partial charge is 0.468 e. The summed E-state index contributed by atoms with van der Waals surface area (Å²) in [5, 5.41) is 2.94. The van der Waals surface area contributed by atoms with E-state index in [9.17, 15) is 22.8 Å². The number of benzene rings is 2. The van der Waals surface area contributed by atoms with Gasteiger partial charge in [0, 0.05) is 36.5 Å². The van der Waals surface area contributed by atoms with Crippen molar-refractivity contribution in [3.8, 4) is 11.8 Å². The van der Waals surface area contributed by atoms with Crippen LogP contribution in [0.4, 0.5) is 29.6 Å². The zero-order valence-corrected chi connectivity index (χ0v) is 24.2. The second-order valence-corrected chi connectivity index (χ2v) is 11.7. The van der Waals surface area contributed by atoms with Crippen LogP contribution in [0.15, 0.2) is 54.7 Å². The number of ether oxygens (including phenoxy) is 2. The number of amides is 1. The minimum Gasteiger partial charge on any atom is -0.468 e. The molecule has 2 aliphatic rings. The topological polar surface area (TPSA) is 93.7 Å². The summed E-state index contributed by atoms with van der Waals surface area (Å²) < 4.78 is 51.8. The van der Waals surface area contributed by atoms with Gasteiger partial charge in [0.25, 0.3) is 0 Å². The van der Waals surface area contributed by atoms with Crippen molar-refractivity contribution in [2.75, 3.05) is 25.5 Å². The van der Waals surface area contributed by atoms with E-state index in [4.69, 9.17) is 9.47 Å². The van der Waals surface area contributed by atoms with Crippen LogP contribution in [0.25, 0.3) is 0 Å². The first-order chi connectivity index (χ1) is 20.3. The zero-order valence-electron chi connectivity index (χ0n) is 24.2. The third-order valence-electron chi connectivity index (χ3n) is 7.35. The lowest BCUT2D eigenvalue weighted by molar-refractivity contribution is -0.143. The molecule has 1 saturated heterocycles. The van der Waals surface area contributed by atoms with Crippen LogP contribution in [-0.4, -0.2) is 52.7 Å². The molecule has 43 heavy (non-hydrogen) atoms. The number of esters is 1. The number of carbonyl (C=O) groups excluding carboxylic acids is 2. The molecule has 1 aliphatic heterocycles. The molecule has 8 nitrogen and oxygen atoms in total. The molecule has 224 valence electrons. The number of carbonyl (C=O) groups is 2. The minimum absolute atomic E-state index is 0.0497. The Hall–Kier alpha value is -4.59. The number of alkyl halides is 3. The highest BCUT2D eigenvalue weighted by molar-refractivity contribution is 5.87. The summed E-state index contributed by atoms with van der Waals surface area (Å²) in [6.07, 6.45) is -3.20. The van der Waals surface area contributed by atoms with Crippen molar-refractivity contribution in [2.24, 2.45) is 0 Å². The molecule has 2 heterocycles. The molecule has 0 unspecified atom stereocenters. The average molecular weight is 593 g/mol. The van der Waals surface area contributed by atoms with Gasteiger partial charge in [-0.2, -0.15) is 13.2 Å². The standard InChI is InChI=1S/C32H31F3N4O4/c1-30(2,3)43-29(41)39-18-22(19-39)20-9-12-23(13-10-20)37-28-36-17-25(32(33,34)35)26(38-28)14-11-21-7-5-6-8-24(21)31(15-16-31)27(40)42-4/h5-10,12-13,17,22H,15-16,18-19H2,1-4H3,(H,36,37,38). The van der Waals surface area contributed by atoms with E-state index >= 15 is 0 Å². The summed E-state index contributed by atoms with van der Waals surface area (Å²) in [7, 11) is 1.31. The maximum Gasteiger partial charge on any atom is 0.420 e. The van der Waals surface area contributed by atoms with E-state index in [2.05, 4.69) is 27.1 Å². The van der Waals surface area contributed by atoms with Crippen LogP contribution < -0.4 is 5.32 Å². The Morgan fingerprint density at radius 3 is 2.30 bits per heavy atom. The number of hydrogen-bond donors (Lipinski definition) is 1. The average Bonchev–Trinajstić information content (AvgIpc) is 3.72. The monoisotopic (exact) mass is 592 g/mol. The molecule has 0 bridgehead atoms. The number of anilines is 2. The van der Waals surface area contributed by atoms with Crippen LogP contribution in [0.2, 0.25) is 0 Å². The van der Waals surface area contributed by atoms with Crippen molar-refractivity contribution in [1.82, 2.24) is 14.9 Å². The molecule has 3 aromatic rings. The van der Waals surface area contributed by atoms with E-state index in [1.165, 1.54) is 7.11 Å². The number of aromatic nitrogens is 2. The van der Waals surface area contributed by atoms with Crippen LogP contribution >= 0.6 is 0 Å². The van der Waals surface area contributed by atoms with Gasteiger partial charge in [-0.1, -0.05) is 36.3 Å². The number of halogens is 3. The Kier molecular flexibility index (Phi) is 7.82. The summed E-state index contributed by atoms with van der Waals surface area (Å²) in [6.45, 7) is 6.53. The van der Waals surface area contributed by atoms with E-state index in [1.807, 2.05) is 32.9 Å². The van der Waals surface area contributed by atoms with Crippen molar-refractivity contribution >= 4 is 23.7 Å². The highest BCUT2D eigenvalue weighted by atomic mass is 19.4. The first kappa shape index (κ1) is 29.9. The highest BCUT2D eigenvalue weighted by Gasteiger charge is 2.53. The number of rotatable bonds is 5. The SMILES string of the molecule is COC(=O)C1(c2ccccc2C#Cc2nc(Nc3ccc(C4CN(C(=O)OC(C)(C)C)C4)cc3)ncc2C(F)(F)F)CC1. The maximum absolute atomic E-state index is 13.8. The van der Waals surface area contributed by atoms with Gasteiger partial charge >= 0.3 is 18.2 Å². The van der Waals surface area contributed by atoms with E-state index in [0.717, 1.165) is 5.56 Å². The normalized spacial score (nSPS) is 15.9. The second kappa shape index (κ2) is 11.2. The van der Waals surface area contributed by atoms with Gasteiger partial charge < -0.3 is 19.7 Å². The van der Waals surface area contributed by atoms with Gasteiger partial charge in [-0.15, -0.1) is 0 Å². The van der Waals surface area contributed by atoms with Crippen LogP contribution in [0.1, 0.15) is 67.5 Å². The van der Waals surface area contributed by atoms with E-state index in [1.54, 1.807) is 41.3 Å². The Bertz CT molecular complexity index is 1590. The van der Waals surface area contributed by atoms with Crippen LogP contribution in [0, 0.1) is 11.8 Å². The van der Waals surface area contributed by atoms with Gasteiger partial charge in [0.05, 0.1) is 12.5 Å². The van der Waals surface area contributed by atoms with Crippen molar-refractivity contribution < 1.29 is 32.2 Å². The maximum atomic E-state index is 13.8. The van der Waals surface area contributed by atoms with Crippen LogP contribution in [-0.2, 0) is 25.9 Å². The van der Waals surface area contributed by atoms with Crippen molar-refractivity contribution in [3.05, 3.63) is 82.7 Å². The molecule has 0 atom stereocenters. The van der Waals surface area contributed by atoms with Gasteiger partial charge in [-0.3, -0.25) is 4.79 Å². The quantitative estimate of drug-likeness (QED) is 0.280. The first-order valence-electron chi connectivity index (χ1n) is 13.8.